The van der Waals surface area contributed by atoms with E-state index in [2.05, 4.69) is 11.6 Å². The fourth-order valence-electron chi connectivity index (χ4n) is 1.95. The number of carbonyl (C=O) groups excluding carboxylic acids is 1. The summed E-state index contributed by atoms with van der Waals surface area (Å²) in [6.45, 7) is 4.23. The number of amides is 1. The molecule has 1 aromatic carbocycles. The number of hydrogen-bond acceptors (Lipinski definition) is 5. The highest BCUT2D eigenvalue weighted by molar-refractivity contribution is 7.16. The smallest absolute Gasteiger partial charge is 0.265 e. The maximum Gasteiger partial charge on any atom is 0.265 e. The van der Waals surface area contributed by atoms with Crippen molar-refractivity contribution in [3.05, 3.63) is 48.0 Å². The van der Waals surface area contributed by atoms with Gasteiger partial charge in [-0.05, 0) is 24.3 Å². The van der Waals surface area contributed by atoms with Crippen LogP contribution in [0.3, 0.4) is 0 Å². The summed E-state index contributed by atoms with van der Waals surface area (Å²) in [7, 11) is 1.62. The third kappa shape index (κ3) is 3.72. The van der Waals surface area contributed by atoms with Crippen LogP contribution in [0.15, 0.2) is 43.1 Å². The van der Waals surface area contributed by atoms with E-state index in [9.17, 15) is 4.79 Å². The third-order valence-corrected chi connectivity index (χ3v) is 4.09. The summed E-state index contributed by atoms with van der Waals surface area (Å²) in [6, 6.07) is 7.52. The number of thiazole rings is 1. The van der Waals surface area contributed by atoms with Crippen LogP contribution in [0, 0.1) is 0 Å². The van der Waals surface area contributed by atoms with Crippen LogP contribution >= 0.6 is 11.3 Å². The maximum absolute atomic E-state index is 12.4. The zero-order valence-corrected chi connectivity index (χ0v) is 13.2. The second kappa shape index (κ2) is 7.72. The van der Waals surface area contributed by atoms with E-state index in [1.807, 2.05) is 24.3 Å². The molecule has 0 saturated carbocycles. The number of aromatic nitrogens is 1. The highest BCUT2D eigenvalue weighted by atomic mass is 32.1. The van der Waals surface area contributed by atoms with Gasteiger partial charge < -0.3 is 14.7 Å². The first-order valence-corrected chi connectivity index (χ1v) is 7.62. The molecule has 0 fully saturated rings. The quantitative estimate of drug-likeness (QED) is 0.797. The van der Waals surface area contributed by atoms with Gasteiger partial charge in [0.25, 0.3) is 5.91 Å². The lowest BCUT2D eigenvalue weighted by Gasteiger charge is -2.18. The van der Waals surface area contributed by atoms with Crippen LogP contribution in [0.1, 0.15) is 9.67 Å². The predicted octanol–water partition coefficient (Wildman–Crippen LogP) is 2.44. The Morgan fingerprint density at radius 1 is 1.45 bits per heavy atom. The Hall–Kier alpha value is -2.18. The zero-order valence-electron chi connectivity index (χ0n) is 12.4. The largest absolute Gasteiger partial charge is 0.497 e. The van der Waals surface area contributed by atoms with Crippen LogP contribution in [0.5, 0.6) is 5.75 Å². The summed E-state index contributed by atoms with van der Waals surface area (Å²) < 4.78 is 5.12. The third-order valence-electron chi connectivity index (χ3n) is 3.06. The molecule has 1 N–H and O–H groups in total. The minimum atomic E-state index is -0.147. The number of aliphatic hydroxyl groups is 1. The normalized spacial score (nSPS) is 10.3. The highest BCUT2D eigenvalue weighted by Gasteiger charge is 2.17. The SMILES string of the molecule is C=CCN(CCO)C(=O)c1cnc(-c2ccc(OC)cc2)s1. The molecule has 0 saturated heterocycles. The fraction of sp³-hybridized carbons (Fsp3) is 0.250. The molecule has 6 heteroatoms. The molecule has 5 nitrogen and oxygen atoms in total. The Morgan fingerprint density at radius 3 is 2.77 bits per heavy atom. The zero-order chi connectivity index (χ0) is 15.9. The number of aliphatic hydroxyl groups excluding tert-OH is 1. The molecule has 22 heavy (non-hydrogen) atoms. The van der Waals surface area contributed by atoms with E-state index < -0.39 is 0 Å². The van der Waals surface area contributed by atoms with E-state index in [4.69, 9.17) is 9.84 Å². The lowest BCUT2D eigenvalue weighted by molar-refractivity contribution is 0.0747. The molecule has 0 aliphatic rings. The molecule has 0 aliphatic carbocycles. The molecule has 0 bridgehead atoms. The van der Waals surface area contributed by atoms with Gasteiger partial charge in [0.05, 0.1) is 19.9 Å². The second-order valence-electron chi connectivity index (χ2n) is 4.52. The van der Waals surface area contributed by atoms with Crippen molar-refractivity contribution in [3.8, 4) is 16.3 Å². The van der Waals surface area contributed by atoms with Gasteiger partial charge >= 0.3 is 0 Å². The van der Waals surface area contributed by atoms with E-state index in [0.717, 1.165) is 16.3 Å². The number of ether oxygens (including phenoxy) is 1. The van der Waals surface area contributed by atoms with Crippen molar-refractivity contribution in [3.63, 3.8) is 0 Å². The Labute approximate surface area is 133 Å². The molecule has 116 valence electrons. The van der Waals surface area contributed by atoms with Crippen LogP contribution in [0.4, 0.5) is 0 Å². The molecular weight excluding hydrogens is 300 g/mol. The van der Waals surface area contributed by atoms with Gasteiger partial charge in [-0.2, -0.15) is 0 Å². The average molecular weight is 318 g/mol. The monoisotopic (exact) mass is 318 g/mol. The molecule has 0 unspecified atom stereocenters. The maximum atomic E-state index is 12.4. The van der Waals surface area contributed by atoms with Crippen LogP contribution in [-0.2, 0) is 0 Å². The van der Waals surface area contributed by atoms with E-state index in [0.29, 0.717) is 11.4 Å². The molecule has 2 aromatic rings. The minimum Gasteiger partial charge on any atom is -0.497 e. The van der Waals surface area contributed by atoms with Crippen molar-refractivity contribution in [2.75, 3.05) is 26.8 Å². The number of benzene rings is 1. The average Bonchev–Trinajstić information content (AvgIpc) is 3.04. The molecule has 0 aliphatic heterocycles. The van der Waals surface area contributed by atoms with Gasteiger partial charge in [-0.1, -0.05) is 6.08 Å². The lowest BCUT2D eigenvalue weighted by atomic mass is 10.2. The topological polar surface area (TPSA) is 62.7 Å². The number of rotatable bonds is 7. The first-order chi connectivity index (χ1) is 10.7. The van der Waals surface area contributed by atoms with Crippen molar-refractivity contribution in [1.82, 2.24) is 9.88 Å². The molecule has 1 aromatic heterocycles. The van der Waals surface area contributed by atoms with Crippen LogP contribution in [-0.4, -0.2) is 47.7 Å². The number of hydrogen-bond donors (Lipinski definition) is 1. The highest BCUT2D eigenvalue weighted by Crippen LogP contribution is 2.27. The second-order valence-corrected chi connectivity index (χ2v) is 5.55. The van der Waals surface area contributed by atoms with Crippen molar-refractivity contribution >= 4 is 17.2 Å². The van der Waals surface area contributed by atoms with Crippen molar-refractivity contribution in [1.29, 1.82) is 0 Å². The molecule has 0 radical (unpaired) electrons. The van der Waals surface area contributed by atoms with Crippen molar-refractivity contribution in [2.24, 2.45) is 0 Å². The molecule has 2 rings (SSSR count). The molecule has 1 heterocycles. The first-order valence-electron chi connectivity index (χ1n) is 6.81. The Bertz CT molecular complexity index is 637. The fourth-order valence-corrected chi connectivity index (χ4v) is 2.84. The summed E-state index contributed by atoms with van der Waals surface area (Å²) in [5.41, 5.74) is 0.933. The van der Waals surface area contributed by atoms with Crippen LogP contribution in [0.2, 0.25) is 0 Å². The van der Waals surface area contributed by atoms with Gasteiger partial charge in [-0.15, -0.1) is 17.9 Å². The number of nitrogens with zero attached hydrogens (tertiary/aromatic N) is 2. The van der Waals surface area contributed by atoms with Crippen molar-refractivity contribution in [2.45, 2.75) is 0 Å². The van der Waals surface area contributed by atoms with E-state index in [-0.39, 0.29) is 19.1 Å². The summed E-state index contributed by atoms with van der Waals surface area (Å²) >= 11 is 1.33. The van der Waals surface area contributed by atoms with Gasteiger partial charge in [0.15, 0.2) is 0 Å². The van der Waals surface area contributed by atoms with E-state index in [1.54, 1.807) is 19.4 Å². The molecular formula is C16H18N2O3S. The number of carbonyl (C=O) groups is 1. The van der Waals surface area contributed by atoms with E-state index >= 15 is 0 Å². The molecule has 1 amide bonds. The summed E-state index contributed by atoms with van der Waals surface area (Å²) in [4.78, 5) is 18.8. The van der Waals surface area contributed by atoms with Crippen molar-refractivity contribution < 1.29 is 14.6 Å². The van der Waals surface area contributed by atoms with Gasteiger partial charge in [0, 0.05) is 18.7 Å². The predicted molar refractivity (Wildman–Crippen MR) is 87.3 cm³/mol. The Morgan fingerprint density at radius 2 is 2.18 bits per heavy atom. The lowest BCUT2D eigenvalue weighted by Crippen LogP contribution is -2.33. The Balaban J connectivity index is 2.18. The minimum absolute atomic E-state index is 0.0796. The van der Waals surface area contributed by atoms with Gasteiger partial charge in [0.1, 0.15) is 15.6 Å². The summed E-state index contributed by atoms with van der Waals surface area (Å²) in [5, 5.41) is 9.81. The number of methoxy groups -OCH3 is 1. The molecule has 0 atom stereocenters. The summed E-state index contributed by atoms with van der Waals surface area (Å²) in [5.74, 6) is 0.628. The van der Waals surface area contributed by atoms with Crippen LogP contribution < -0.4 is 4.74 Å². The summed E-state index contributed by atoms with van der Waals surface area (Å²) in [6.07, 6.45) is 3.21. The van der Waals surface area contributed by atoms with Gasteiger partial charge in [-0.3, -0.25) is 4.79 Å². The van der Waals surface area contributed by atoms with Gasteiger partial charge in [-0.25, -0.2) is 4.98 Å². The molecule has 0 spiro atoms. The Kier molecular flexibility index (Phi) is 5.68. The standard InChI is InChI=1S/C16H18N2O3S/c1-3-8-18(9-10-19)16(20)14-11-17-15(22-14)12-4-6-13(21-2)7-5-12/h3-7,11,19H,1,8-10H2,2H3. The first kappa shape index (κ1) is 16.2. The van der Waals surface area contributed by atoms with Crippen LogP contribution in [0.25, 0.3) is 10.6 Å². The van der Waals surface area contributed by atoms with E-state index in [1.165, 1.54) is 16.2 Å². The van der Waals surface area contributed by atoms with Gasteiger partial charge in [0.2, 0.25) is 0 Å².